The fraction of sp³-hybridized carbons (Fsp3) is 0.148. The summed E-state index contributed by atoms with van der Waals surface area (Å²) in [6, 6.07) is 24.7. The van der Waals surface area contributed by atoms with Crippen LogP contribution in [0.15, 0.2) is 89.5 Å². The van der Waals surface area contributed by atoms with Crippen molar-refractivity contribution in [3.63, 3.8) is 0 Å². The van der Waals surface area contributed by atoms with Crippen LogP contribution in [0.2, 0.25) is 0 Å². The van der Waals surface area contributed by atoms with Crippen molar-refractivity contribution in [2.75, 3.05) is 12.0 Å². The van der Waals surface area contributed by atoms with Crippen LogP contribution >= 0.6 is 12.2 Å². The molecule has 1 saturated heterocycles. The Morgan fingerprint density at radius 2 is 1.88 bits per heavy atom. The molecule has 0 aliphatic carbocycles. The van der Waals surface area contributed by atoms with Gasteiger partial charge < -0.3 is 19.4 Å². The number of furan rings is 1. The summed E-state index contributed by atoms with van der Waals surface area (Å²) in [4.78, 5) is 18.4. The van der Waals surface area contributed by atoms with Crippen molar-refractivity contribution >= 4 is 29.0 Å². The summed E-state index contributed by atoms with van der Waals surface area (Å²) in [6.07, 6.45) is 1.78. The molecule has 0 radical (unpaired) electrons. The maximum atomic E-state index is 11.8. The third-order valence-electron chi connectivity index (χ3n) is 5.89. The van der Waals surface area contributed by atoms with E-state index in [4.69, 9.17) is 21.4 Å². The molecular weight excluding hydrogens is 446 g/mol. The lowest BCUT2D eigenvalue weighted by atomic mass is 10.0. The number of hydrogen-bond acceptors (Lipinski definition) is 5. The molecule has 0 bridgehead atoms. The van der Waals surface area contributed by atoms with Crippen LogP contribution in [0.1, 0.15) is 39.5 Å². The van der Waals surface area contributed by atoms with Crippen LogP contribution < -0.4 is 10.2 Å². The average Bonchev–Trinajstić information content (AvgIpc) is 3.49. The molecule has 1 aliphatic rings. The molecule has 0 unspecified atom stereocenters. The topological polar surface area (TPSA) is 67.6 Å². The predicted octanol–water partition coefficient (Wildman–Crippen LogP) is 5.61. The van der Waals surface area contributed by atoms with Gasteiger partial charge in [-0.1, -0.05) is 30.3 Å². The molecule has 3 heterocycles. The van der Waals surface area contributed by atoms with Crippen LogP contribution in [0.3, 0.4) is 0 Å². The number of benzene rings is 2. The van der Waals surface area contributed by atoms with Gasteiger partial charge in [-0.3, -0.25) is 4.98 Å². The first kappa shape index (κ1) is 21.9. The van der Waals surface area contributed by atoms with Crippen LogP contribution in [0.5, 0.6) is 0 Å². The minimum atomic E-state index is -0.371. The van der Waals surface area contributed by atoms with Crippen LogP contribution in [-0.2, 0) is 4.74 Å². The van der Waals surface area contributed by atoms with Gasteiger partial charge in [0.25, 0.3) is 0 Å². The quantitative estimate of drug-likeness (QED) is 0.301. The Hall–Kier alpha value is -3.97. The lowest BCUT2D eigenvalue weighted by Gasteiger charge is -2.26. The zero-order valence-electron chi connectivity index (χ0n) is 18.8. The van der Waals surface area contributed by atoms with Gasteiger partial charge in [0.05, 0.1) is 24.4 Å². The standard InChI is InChI=1S/C27H23N3O3S/c1-17-6-5-7-20(16-17)30-25(24(29-27(30)34)21-8-3-4-15-28-21)23-14-13-22(33-23)18-9-11-19(12-10-18)26(31)32-2/h3-16,24-25H,1-2H3,(H,29,34)/t24-,25+/m0/s1. The van der Waals surface area contributed by atoms with E-state index in [1.807, 2.05) is 54.6 Å². The monoisotopic (exact) mass is 469 g/mol. The van der Waals surface area contributed by atoms with E-state index in [0.29, 0.717) is 16.4 Å². The summed E-state index contributed by atoms with van der Waals surface area (Å²) in [6.45, 7) is 2.06. The number of nitrogens with one attached hydrogen (secondary N) is 1. The number of rotatable bonds is 5. The highest BCUT2D eigenvalue weighted by atomic mass is 32.1. The molecule has 34 heavy (non-hydrogen) atoms. The van der Waals surface area contributed by atoms with Gasteiger partial charge in [0.15, 0.2) is 5.11 Å². The molecular formula is C27H23N3O3S. The summed E-state index contributed by atoms with van der Waals surface area (Å²) in [5.41, 5.74) is 4.37. The van der Waals surface area contributed by atoms with E-state index in [1.54, 1.807) is 18.3 Å². The predicted molar refractivity (Wildman–Crippen MR) is 135 cm³/mol. The molecule has 1 N–H and O–H groups in total. The Labute approximate surface area is 203 Å². The lowest BCUT2D eigenvalue weighted by molar-refractivity contribution is 0.0600. The Bertz CT molecular complexity index is 1330. The van der Waals surface area contributed by atoms with Crippen molar-refractivity contribution in [2.45, 2.75) is 19.0 Å². The SMILES string of the molecule is COC(=O)c1ccc(-c2ccc([C@@H]3[C@H](c4ccccn4)NC(=S)N3c3cccc(C)c3)o2)cc1. The van der Waals surface area contributed by atoms with Gasteiger partial charge in [-0.05, 0) is 73.2 Å². The molecule has 0 saturated carbocycles. The van der Waals surface area contributed by atoms with Gasteiger partial charge in [0.2, 0.25) is 0 Å². The van der Waals surface area contributed by atoms with Gasteiger partial charge in [-0.25, -0.2) is 4.79 Å². The second-order valence-electron chi connectivity index (χ2n) is 8.11. The molecule has 4 aromatic rings. The summed E-state index contributed by atoms with van der Waals surface area (Å²) in [5, 5.41) is 4.06. The Morgan fingerprint density at radius 1 is 1.06 bits per heavy atom. The number of anilines is 1. The fourth-order valence-corrected chi connectivity index (χ4v) is 4.60. The summed E-state index contributed by atoms with van der Waals surface area (Å²) in [5.74, 6) is 1.09. The van der Waals surface area contributed by atoms with E-state index in [9.17, 15) is 4.79 Å². The minimum absolute atomic E-state index is 0.185. The first-order chi connectivity index (χ1) is 16.5. The number of ether oxygens (including phenoxy) is 1. The third-order valence-corrected chi connectivity index (χ3v) is 6.20. The minimum Gasteiger partial charge on any atom is -0.465 e. The number of aromatic nitrogens is 1. The van der Waals surface area contributed by atoms with Crippen LogP contribution in [0.25, 0.3) is 11.3 Å². The number of esters is 1. The van der Waals surface area contributed by atoms with Gasteiger partial charge in [0, 0.05) is 17.4 Å². The number of aryl methyl sites for hydroxylation is 1. The number of thiocarbonyl (C=S) groups is 1. The largest absolute Gasteiger partial charge is 0.465 e. The van der Waals surface area contributed by atoms with E-state index >= 15 is 0 Å². The molecule has 1 aliphatic heterocycles. The van der Waals surface area contributed by atoms with Crippen molar-refractivity contribution in [3.8, 4) is 11.3 Å². The number of nitrogens with zero attached hydrogens (tertiary/aromatic N) is 2. The van der Waals surface area contributed by atoms with Crippen molar-refractivity contribution < 1.29 is 13.9 Å². The molecule has 2 aromatic carbocycles. The van der Waals surface area contributed by atoms with E-state index in [1.165, 1.54) is 7.11 Å². The van der Waals surface area contributed by atoms with Gasteiger partial charge in [-0.2, -0.15) is 0 Å². The first-order valence-electron chi connectivity index (χ1n) is 10.9. The molecule has 2 atom stereocenters. The first-order valence-corrected chi connectivity index (χ1v) is 11.3. The average molecular weight is 470 g/mol. The molecule has 5 rings (SSSR count). The van der Waals surface area contributed by atoms with Crippen molar-refractivity contribution in [1.29, 1.82) is 0 Å². The van der Waals surface area contributed by atoms with E-state index in [-0.39, 0.29) is 18.1 Å². The maximum Gasteiger partial charge on any atom is 0.337 e. The summed E-state index contributed by atoms with van der Waals surface area (Å²) < 4.78 is 11.2. The lowest BCUT2D eigenvalue weighted by Crippen LogP contribution is -2.29. The Morgan fingerprint density at radius 3 is 2.59 bits per heavy atom. The van der Waals surface area contributed by atoms with Crippen LogP contribution in [0.4, 0.5) is 5.69 Å². The number of hydrogen-bond donors (Lipinski definition) is 1. The summed E-state index contributed by atoms with van der Waals surface area (Å²) >= 11 is 5.77. The normalized spacial score (nSPS) is 17.5. The molecule has 170 valence electrons. The molecule has 2 aromatic heterocycles. The smallest absolute Gasteiger partial charge is 0.337 e. The third kappa shape index (κ3) is 4.06. The molecule has 0 amide bonds. The van der Waals surface area contributed by atoms with Crippen molar-refractivity contribution in [3.05, 3.63) is 108 Å². The molecule has 7 heteroatoms. The van der Waals surface area contributed by atoms with E-state index in [2.05, 4.69) is 34.3 Å². The van der Waals surface area contributed by atoms with Crippen molar-refractivity contribution in [1.82, 2.24) is 10.3 Å². The maximum absolute atomic E-state index is 11.8. The number of carbonyl (C=O) groups is 1. The van der Waals surface area contributed by atoms with Crippen molar-refractivity contribution in [2.24, 2.45) is 0 Å². The van der Waals surface area contributed by atoms with Crippen LogP contribution in [0, 0.1) is 6.92 Å². The van der Waals surface area contributed by atoms with Gasteiger partial charge in [0.1, 0.15) is 17.6 Å². The molecule has 0 spiro atoms. The second-order valence-corrected chi connectivity index (χ2v) is 8.49. The number of pyridine rings is 1. The second kappa shape index (κ2) is 9.11. The Kier molecular flexibility index (Phi) is 5.86. The van der Waals surface area contributed by atoms with E-state index < -0.39 is 0 Å². The highest BCUT2D eigenvalue weighted by molar-refractivity contribution is 7.80. The molecule has 6 nitrogen and oxygen atoms in total. The highest BCUT2D eigenvalue weighted by Gasteiger charge is 2.42. The van der Waals surface area contributed by atoms with Crippen LogP contribution in [-0.4, -0.2) is 23.2 Å². The van der Waals surface area contributed by atoms with E-state index in [0.717, 1.165) is 28.3 Å². The Balaban J connectivity index is 1.55. The van der Waals surface area contributed by atoms with Gasteiger partial charge >= 0.3 is 5.97 Å². The fourth-order valence-electron chi connectivity index (χ4n) is 4.26. The number of methoxy groups -OCH3 is 1. The number of carbonyl (C=O) groups excluding carboxylic acids is 1. The zero-order valence-corrected chi connectivity index (χ0v) is 19.6. The highest BCUT2D eigenvalue weighted by Crippen LogP contribution is 2.43. The molecule has 1 fully saturated rings. The summed E-state index contributed by atoms with van der Waals surface area (Å²) in [7, 11) is 1.37. The zero-order chi connectivity index (χ0) is 23.7. The van der Waals surface area contributed by atoms with Gasteiger partial charge in [-0.15, -0.1) is 0 Å².